The molecule has 0 radical (unpaired) electrons. The Kier molecular flexibility index (Phi) is 5.10. The quantitative estimate of drug-likeness (QED) is 0.283. The topological polar surface area (TPSA) is 123 Å². The number of rotatable bonds is 4. The van der Waals surface area contributed by atoms with E-state index in [9.17, 15) is 24.5 Å². The van der Waals surface area contributed by atoms with E-state index in [1.54, 1.807) is 36.4 Å². The lowest BCUT2D eigenvalue weighted by molar-refractivity contribution is -0.384. The summed E-state index contributed by atoms with van der Waals surface area (Å²) in [5, 5.41) is 13.2. The first-order valence-corrected chi connectivity index (χ1v) is 9.23. The van der Waals surface area contributed by atoms with Gasteiger partial charge in [0.1, 0.15) is 22.1 Å². The number of imide groups is 2. The molecule has 1 saturated heterocycles. The summed E-state index contributed by atoms with van der Waals surface area (Å²) in [5.41, 5.74) is 0.110. The standard InChI is InChI=1S/C21H12ClN3O6/c22-16-8-6-12(10-17(16)25(29)30)18-9-7-14(31-18)11-15-19(26)23-21(28)24(20(15)27)13-4-2-1-3-5-13/h1-11H,(H,23,26,28)/b15-11-. The molecular formula is C21H12ClN3O6. The fraction of sp³-hybridized carbons (Fsp3) is 0. The highest BCUT2D eigenvalue weighted by atomic mass is 35.5. The summed E-state index contributed by atoms with van der Waals surface area (Å²) in [6, 6.07) is 14.5. The molecule has 1 N–H and O–H groups in total. The summed E-state index contributed by atoms with van der Waals surface area (Å²) in [7, 11) is 0. The van der Waals surface area contributed by atoms with Crippen LogP contribution >= 0.6 is 11.6 Å². The van der Waals surface area contributed by atoms with Crippen LogP contribution in [-0.4, -0.2) is 22.8 Å². The minimum absolute atomic E-state index is 0.0159. The summed E-state index contributed by atoms with van der Waals surface area (Å²) in [6.07, 6.45) is 1.20. The lowest BCUT2D eigenvalue weighted by Gasteiger charge is -2.26. The van der Waals surface area contributed by atoms with Crippen LogP contribution in [0.4, 0.5) is 16.2 Å². The van der Waals surface area contributed by atoms with Gasteiger partial charge in [-0.05, 0) is 42.5 Å². The Morgan fingerprint density at radius 2 is 1.77 bits per heavy atom. The fourth-order valence-electron chi connectivity index (χ4n) is 3.00. The number of hydrogen-bond donors (Lipinski definition) is 1. The minimum atomic E-state index is -0.859. The van der Waals surface area contributed by atoms with E-state index in [2.05, 4.69) is 5.32 Å². The number of urea groups is 1. The van der Waals surface area contributed by atoms with Crippen LogP contribution in [0.3, 0.4) is 0 Å². The molecule has 31 heavy (non-hydrogen) atoms. The molecule has 2 aromatic carbocycles. The average Bonchev–Trinajstić information content (AvgIpc) is 3.20. The van der Waals surface area contributed by atoms with Crippen molar-refractivity contribution in [2.24, 2.45) is 0 Å². The molecule has 154 valence electrons. The second-order valence-corrected chi connectivity index (χ2v) is 6.83. The number of furan rings is 1. The number of carbonyl (C=O) groups excluding carboxylic acids is 3. The highest BCUT2D eigenvalue weighted by molar-refractivity contribution is 6.39. The third-order valence-corrected chi connectivity index (χ3v) is 4.78. The summed E-state index contributed by atoms with van der Waals surface area (Å²) in [5.74, 6) is -1.25. The van der Waals surface area contributed by atoms with E-state index in [0.29, 0.717) is 11.3 Å². The number of halogens is 1. The van der Waals surface area contributed by atoms with Crippen molar-refractivity contribution in [2.45, 2.75) is 0 Å². The number of para-hydroxylation sites is 1. The van der Waals surface area contributed by atoms with Crippen molar-refractivity contribution in [2.75, 3.05) is 4.90 Å². The van der Waals surface area contributed by atoms with Crippen molar-refractivity contribution in [3.05, 3.63) is 87.1 Å². The zero-order chi connectivity index (χ0) is 22.1. The Bertz CT molecular complexity index is 1270. The van der Waals surface area contributed by atoms with E-state index in [1.165, 1.54) is 30.3 Å². The van der Waals surface area contributed by atoms with Crippen LogP contribution < -0.4 is 10.2 Å². The third kappa shape index (κ3) is 3.81. The molecule has 9 nitrogen and oxygen atoms in total. The van der Waals surface area contributed by atoms with E-state index in [1.807, 2.05) is 0 Å². The Balaban J connectivity index is 1.67. The van der Waals surface area contributed by atoms with Crippen LogP contribution in [0, 0.1) is 10.1 Å². The van der Waals surface area contributed by atoms with Crippen LogP contribution in [0.15, 0.2) is 70.7 Å². The molecule has 1 fully saturated rings. The second-order valence-electron chi connectivity index (χ2n) is 6.42. The molecule has 0 saturated carbocycles. The Hall–Kier alpha value is -4.24. The number of benzene rings is 2. The molecule has 0 spiro atoms. The molecule has 0 aliphatic carbocycles. The Morgan fingerprint density at radius 3 is 2.48 bits per heavy atom. The summed E-state index contributed by atoms with van der Waals surface area (Å²) in [4.78, 5) is 48.6. The summed E-state index contributed by atoms with van der Waals surface area (Å²) in [6.45, 7) is 0. The minimum Gasteiger partial charge on any atom is -0.457 e. The van der Waals surface area contributed by atoms with Gasteiger partial charge in [0.25, 0.3) is 17.5 Å². The maximum Gasteiger partial charge on any atom is 0.335 e. The molecule has 3 aromatic rings. The number of amides is 4. The zero-order valence-corrected chi connectivity index (χ0v) is 16.3. The van der Waals surface area contributed by atoms with Crippen LogP contribution in [0.1, 0.15) is 5.76 Å². The summed E-state index contributed by atoms with van der Waals surface area (Å²) >= 11 is 5.82. The number of nitro groups is 1. The van der Waals surface area contributed by atoms with Crippen molar-refractivity contribution in [3.63, 3.8) is 0 Å². The monoisotopic (exact) mass is 437 g/mol. The van der Waals surface area contributed by atoms with Gasteiger partial charge in [0.2, 0.25) is 0 Å². The van der Waals surface area contributed by atoms with E-state index < -0.39 is 22.8 Å². The van der Waals surface area contributed by atoms with Gasteiger partial charge in [-0.1, -0.05) is 29.8 Å². The molecule has 10 heteroatoms. The average molecular weight is 438 g/mol. The van der Waals surface area contributed by atoms with Gasteiger partial charge in [0.15, 0.2) is 0 Å². The molecule has 0 atom stereocenters. The largest absolute Gasteiger partial charge is 0.457 e. The predicted molar refractivity (Wildman–Crippen MR) is 111 cm³/mol. The van der Waals surface area contributed by atoms with Crippen molar-refractivity contribution < 1.29 is 23.7 Å². The number of anilines is 1. The second kappa shape index (κ2) is 7.88. The van der Waals surface area contributed by atoms with Crippen LogP contribution in [-0.2, 0) is 9.59 Å². The van der Waals surface area contributed by atoms with Crippen molar-refractivity contribution in [3.8, 4) is 11.3 Å². The first-order chi connectivity index (χ1) is 14.8. The smallest absolute Gasteiger partial charge is 0.335 e. The van der Waals surface area contributed by atoms with E-state index in [-0.39, 0.29) is 27.8 Å². The van der Waals surface area contributed by atoms with Crippen LogP contribution in [0.25, 0.3) is 17.4 Å². The van der Waals surface area contributed by atoms with Crippen LogP contribution in [0.5, 0.6) is 0 Å². The molecule has 1 aliphatic heterocycles. The maximum atomic E-state index is 12.8. The van der Waals surface area contributed by atoms with E-state index in [0.717, 1.165) is 4.90 Å². The van der Waals surface area contributed by atoms with Gasteiger partial charge in [-0.2, -0.15) is 0 Å². The van der Waals surface area contributed by atoms with Crippen LogP contribution in [0.2, 0.25) is 5.02 Å². The Labute approximate surface area is 179 Å². The molecule has 1 aliphatic rings. The van der Waals surface area contributed by atoms with E-state index in [4.69, 9.17) is 16.0 Å². The molecule has 4 rings (SSSR count). The molecule has 2 heterocycles. The number of hydrogen-bond acceptors (Lipinski definition) is 6. The molecular weight excluding hydrogens is 426 g/mol. The number of nitrogens with zero attached hydrogens (tertiary/aromatic N) is 2. The highest BCUT2D eigenvalue weighted by Crippen LogP contribution is 2.32. The van der Waals surface area contributed by atoms with E-state index >= 15 is 0 Å². The normalized spacial score (nSPS) is 15.3. The van der Waals surface area contributed by atoms with Gasteiger partial charge in [0, 0.05) is 11.6 Å². The van der Waals surface area contributed by atoms with Gasteiger partial charge >= 0.3 is 6.03 Å². The summed E-state index contributed by atoms with van der Waals surface area (Å²) < 4.78 is 5.63. The SMILES string of the molecule is O=C1NC(=O)N(c2ccccc2)C(=O)/C1=C\c1ccc(-c2ccc(Cl)c([N+](=O)[O-])c2)o1. The third-order valence-electron chi connectivity index (χ3n) is 4.46. The Morgan fingerprint density at radius 1 is 1.03 bits per heavy atom. The van der Waals surface area contributed by atoms with Gasteiger partial charge in [-0.25, -0.2) is 9.69 Å². The molecule has 4 amide bonds. The molecule has 1 aromatic heterocycles. The number of carbonyl (C=O) groups is 3. The first-order valence-electron chi connectivity index (χ1n) is 8.86. The van der Waals surface area contributed by atoms with Gasteiger partial charge < -0.3 is 4.42 Å². The number of nitro benzene ring substituents is 1. The molecule has 0 bridgehead atoms. The van der Waals surface area contributed by atoms with Crippen molar-refractivity contribution in [1.82, 2.24) is 5.32 Å². The number of nitrogens with one attached hydrogen (secondary N) is 1. The van der Waals surface area contributed by atoms with Gasteiger partial charge in [-0.15, -0.1) is 0 Å². The fourth-order valence-corrected chi connectivity index (χ4v) is 3.19. The lowest BCUT2D eigenvalue weighted by atomic mass is 10.1. The maximum absolute atomic E-state index is 12.8. The number of barbiturate groups is 1. The lowest BCUT2D eigenvalue weighted by Crippen LogP contribution is -2.54. The zero-order valence-electron chi connectivity index (χ0n) is 15.6. The predicted octanol–water partition coefficient (Wildman–Crippen LogP) is 4.17. The first kappa shape index (κ1) is 20.0. The van der Waals surface area contributed by atoms with Crippen molar-refractivity contribution in [1.29, 1.82) is 0 Å². The molecule has 0 unspecified atom stereocenters. The van der Waals surface area contributed by atoms with Gasteiger partial charge in [-0.3, -0.25) is 25.0 Å². The van der Waals surface area contributed by atoms with Crippen molar-refractivity contribution >= 4 is 46.9 Å². The highest BCUT2D eigenvalue weighted by Gasteiger charge is 2.37. The van der Waals surface area contributed by atoms with Gasteiger partial charge in [0.05, 0.1) is 10.6 Å².